The smallest absolute Gasteiger partial charge is 0.128 e. The third-order valence-corrected chi connectivity index (χ3v) is 3.72. The Bertz CT molecular complexity index is 954. The van der Waals surface area contributed by atoms with E-state index in [-0.39, 0.29) is 36.5 Å². The van der Waals surface area contributed by atoms with Crippen molar-refractivity contribution in [3.8, 4) is 22.7 Å². The van der Waals surface area contributed by atoms with Gasteiger partial charge in [0.15, 0.2) is 0 Å². The van der Waals surface area contributed by atoms with E-state index in [9.17, 15) is 0 Å². The Morgan fingerprint density at radius 2 is 1.56 bits per heavy atom. The van der Waals surface area contributed by atoms with Crippen molar-refractivity contribution in [3.63, 3.8) is 0 Å². The molecule has 0 aliphatic rings. The predicted molar refractivity (Wildman–Crippen MR) is 110 cm³/mol. The van der Waals surface area contributed by atoms with Crippen LogP contribution in [0.5, 0.6) is 5.75 Å². The highest BCUT2D eigenvalue weighted by molar-refractivity contribution is 5.96. The van der Waals surface area contributed by atoms with Crippen molar-refractivity contribution < 1.29 is 4.74 Å². The molecular weight excluding hydrogens is 389 g/mol. The summed E-state index contributed by atoms with van der Waals surface area (Å²) in [6.07, 6.45) is 1.75. The second kappa shape index (κ2) is 9.02. The number of nitrogens with zero attached hydrogens (tertiary/aromatic N) is 3. The van der Waals surface area contributed by atoms with E-state index in [0.29, 0.717) is 28.1 Å². The minimum atomic E-state index is -0.0314. The number of halogens is 2. The first kappa shape index (κ1) is 21.9. The highest BCUT2D eigenvalue weighted by atomic mass is 35.5. The molecule has 3 rings (SSSR count). The lowest BCUT2D eigenvalue weighted by Crippen LogP contribution is -2.11. The van der Waals surface area contributed by atoms with Gasteiger partial charge in [-0.2, -0.15) is 0 Å². The van der Waals surface area contributed by atoms with Gasteiger partial charge in [-0.3, -0.25) is 10.8 Å². The van der Waals surface area contributed by atoms with Crippen LogP contribution in [-0.2, 0) is 0 Å². The van der Waals surface area contributed by atoms with Gasteiger partial charge in [-0.25, -0.2) is 4.68 Å². The summed E-state index contributed by atoms with van der Waals surface area (Å²) in [6.45, 7) is 0. The Labute approximate surface area is 168 Å². The molecule has 0 aliphatic heterocycles. The van der Waals surface area contributed by atoms with Crippen LogP contribution in [-0.4, -0.2) is 33.8 Å². The van der Waals surface area contributed by atoms with Crippen molar-refractivity contribution in [1.29, 1.82) is 10.8 Å². The van der Waals surface area contributed by atoms with E-state index in [4.69, 9.17) is 27.0 Å². The van der Waals surface area contributed by atoms with Gasteiger partial charge < -0.3 is 16.2 Å². The molecule has 0 aliphatic carbocycles. The number of nitrogens with one attached hydrogen (secondary N) is 2. The molecule has 142 valence electrons. The lowest BCUT2D eigenvalue weighted by Gasteiger charge is -2.08. The Morgan fingerprint density at radius 1 is 0.963 bits per heavy atom. The molecule has 27 heavy (non-hydrogen) atoms. The van der Waals surface area contributed by atoms with Crippen LogP contribution in [0.2, 0.25) is 0 Å². The number of hydrogen-bond acceptors (Lipinski definition) is 5. The lowest BCUT2D eigenvalue weighted by atomic mass is 10.1. The summed E-state index contributed by atoms with van der Waals surface area (Å²) in [5.41, 5.74) is 14.3. The number of ether oxygens (including phenoxy) is 1. The summed E-state index contributed by atoms with van der Waals surface area (Å²) in [7, 11) is 1.57. The number of hydrogen-bond donors (Lipinski definition) is 4. The zero-order valence-corrected chi connectivity index (χ0v) is 16.0. The number of nitrogens with two attached hydrogens (primary N) is 2. The summed E-state index contributed by atoms with van der Waals surface area (Å²) in [6, 6.07) is 12.3. The molecule has 1 aromatic heterocycles. The molecule has 0 unspecified atom stereocenters. The van der Waals surface area contributed by atoms with Crippen molar-refractivity contribution in [2.75, 3.05) is 7.11 Å². The van der Waals surface area contributed by atoms with E-state index in [0.717, 1.165) is 5.69 Å². The van der Waals surface area contributed by atoms with Gasteiger partial charge in [-0.1, -0.05) is 5.21 Å². The molecule has 0 fully saturated rings. The minimum absolute atomic E-state index is 0. The summed E-state index contributed by atoms with van der Waals surface area (Å²) in [5.74, 6) is 0.594. The first-order chi connectivity index (χ1) is 12.0. The highest BCUT2D eigenvalue weighted by Gasteiger charge is 2.13. The fraction of sp³-hybridized carbons (Fsp3) is 0.0588. The van der Waals surface area contributed by atoms with E-state index >= 15 is 0 Å². The maximum atomic E-state index is 7.58. The van der Waals surface area contributed by atoms with E-state index < -0.39 is 0 Å². The zero-order valence-electron chi connectivity index (χ0n) is 14.3. The summed E-state index contributed by atoms with van der Waals surface area (Å²) >= 11 is 0. The van der Waals surface area contributed by atoms with Gasteiger partial charge in [-0.15, -0.1) is 29.9 Å². The monoisotopic (exact) mass is 407 g/mol. The third-order valence-electron chi connectivity index (χ3n) is 3.72. The molecular formula is C17H19Cl2N7O. The zero-order chi connectivity index (χ0) is 18.0. The number of benzene rings is 2. The Morgan fingerprint density at radius 3 is 2.11 bits per heavy atom. The van der Waals surface area contributed by atoms with Gasteiger partial charge >= 0.3 is 0 Å². The van der Waals surface area contributed by atoms with Crippen molar-refractivity contribution in [1.82, 2.24) is 15.0 Å². The Hall–Kier alpha value is -3.10. The average molecular weight is 408 g/mol. The number of methoxy groups -OCH3 is 1. The van der Waals surface area contributed by atoms with Crippen LogP contribution in [0, 0.1) is 10.8 Å². The Balaban J connectivity index is 0.00000182. The van der Waals surface area contributed by atoms with Gasteiger partial charge in [0.05, 0.1) is 19.0 Å². The van der Waals surface area contributed by atoms with Crippen molar-refractivity contribution in [3.05, 3.63) is 59.8 Å². The van der Waals surface area contributed by atoms with Gasteiger partial charge in [0, 0.05) is 16.7 Å². The second-order valence-electron chi connectivity index (χ2n) is 5.34. The minimum Gasteiger partial charge on any atom is -0.496 e. The molecule has 1 heterocycles. The molecule has 8 nitrogen and oxygen atoms in total. The summed E-state index contributed by atoms with van der Waals surface area (Å²) in [5, 5.41) is 23.3. The van der Waals surface area contributed by atoms with Crippen LogP contribution in [0.1, 0.15) is 11.1 Å². The molecule has 0 radical (unpaired) electrons. The molecule has 6 N–H and O–H groups in total. The summed E-state index contributed by atoms with van der Waals surface area (Å²) < 4.78 is 6.98. The van der Waals surface area contributed by atoms with E-state index in [1.54, 1.807) is 60.5 Å². The molecule has 0 saturated heterocycles. The maximum Gasteiger partial charge on any atom is 0.128 e. The number of nitrogen functional groups attached to an aromatic ring is 2. The van der Waals surface area contributed by atoms with Crippen LogP contribution >= 0.6 is 24.8 Å². The largest absolute Gasteiger partial charge is 0.496 e. The quantitative estimate of drug-likeness (QED) is 0.379. The number of rotatable bonds is 5. The number of aromatic nitrogens is 3. The van der Waals surface area contributed by atoms with Crippen molar-refractivity contribution in [2.24, 2.45) is 11.5 Å². The third kappa shape index (κ3) is 4.55. The molecule has 0 atom stereocenters. The second-order valence-corrected chi connectivity index (χ2v) is 5.34. The SMILES string of the molecule is COc1ccc(C(=N)N)cc1-c1cn(-c2ccc(C(=N)N)cc2)nn1.Cl.Cl. The van der Waals surface area contributed by atoms with Crippen molar-refractivity contribution >= 4 is 36.5 Å². The van der Waals surface area contributed by atoms with Crippen LogP contribution in [0.25, 0.3) is 16.9 Å². The van der Waals surface area contributed by atoms with Crippen LogP contribution in [0.3, 0.4) is 0 Å². The average Bonchev–Trinajstić information content (AvgIpc) is 3.11. The van der Waals surface area contributed by atoms with Crippen LogP contribution < -0.4 is 16.2 Å². The molecule has 10 heteroatoms. The molecule has 0 amide bonds. The topological polar surface area (TPSA) is 140 Å². The molecule has 0 saturated carbocycles. The first-order valence-electron chi connectivity index (χ1n) is 7.39. The van der Waals surface area contributed by atoms with Gasteiger partial charge in [0.1, 0.15) is 23.1 Å². The van der Waals surface area contributed by atoms with E-state index in [1.807, 2.05) is 0 Å². The van der Waals surface area contributed by atoms with E-state index in [2.05, 4.69) is 10.3 Å². The normalized spacial score (nSPS) is 9.67. The van der Waals surface area contributed by atoms with Gasteiger partial charge in [0.2, 0.25) is 0 Å². The van der Waals surface area contributed by atoms with Crippen molar-refractivity contribution in [2.45, 2.75) is 0 Å². The highest BCUT2D eigenvalue weighted by Crippen LogP contribution is 2.29. The maximum absolute atomic E-state index is 7.58. The summed E-state index contributed by atoms with van der Waals surface area (Å²) in [4.78, 5) is 0. The van der Waals surface area contributed by atoms with E-state index in [1.165, 1.54) is 0 Å². The number of amidine groups is 2. The predicted octanol–water partition coefficient (Wildman–Crippen LogP) is 2.35. The van der Waals surface area contributed by atoms with Gasteiger partial charge in [-0.05, 0) is 42.5 Å². The standard InChI is InChI=1S/C17H17N7O.2ClH/c1-25-15-7-4-11(17(20)21)8-13(15)14-9-24(23-22-14)12-5-2-10(3-6-12)16(18)19;;/h2-9H,1H3,(H3,18,19)(H3,20,21);2*1H. The molecule has 2 aromatic carbocycles. The molecule has 0 spiro atoms. The first-order valence-corrected chi connectivity index (χ1v) is 7.39. The molecule has 3 aromatic rings. The lowest BCUT2D eigenvalue weighted by molar-refractivity contribution is 0.416. The van der Waals surface area contributed by atoms with Crippen LogP contribution in [0.4, 0.5) is 0 Å². The van der Waals surface area contributed by atoms with Gasteiger partial charge in [0.25, 0.3) is 0 Å². The fourth-order valence-electron chi connectivity index (χ4n) is 2.38. The molecule has 0 bridgehead atoms. The fourth-order valence-corrected chi connectivity index (χ4v) is 2.38. The Kier molecular flexibility index (Phi) is 7.33. The van der Waals surface area contributed by atoms with Crippen LogP contribution in [0.15, 0.2) is 48.7 Å².